The number of hydrogen-bond donors (Lipinski definition) is 0. The molecule has 4 atom stereocenters. The van der Waals surface area contributed by atoms with Crippen LogP contribution in [0, 0.1) is 0 Å². The van der Waals surface area contributed by atoms with E-state index in [1.165, 1.54) is 7.11 Å². The molecule has 0 aromatic heterocycles. The van der Waals surface area contributed by atoms with Crippen molar-refractivity contribution in [3.05, 3.63) is 0 Å². The molecule has 0 saturated carbocycles. The maximum absolute atomic E-state index is 12.0. The SMILES string of the molecule is CCCC(=O)OC[C@H]1O[C@@H](OC)C[C@@H](OC(=O)CCC)[C@H]1OC(=O)CCC. The Morgan fingerprint density at radius 2 is 1.44 bits per heavy atom. The summed E-state index contributed by atoms with van der Waals surface area (Å²) in [7, 11) is 1.47. The smallest absolute Gasteiger partial charge is 0.306 e. The predicted octanol–water partition coefficient (Wildman–Crippen LogP) is 2.51. The van der Waals surface area contributed by atoms with Crippen LogP contribution in [0.2, 0.25) is 0 Å². The van der Waals surface area contributed by atoms with Gasteiger partial charge in [0.25, 0.3) is 0 Å². The van der Waals surface area contributed by atoms with Crippen LogP contribution in [0.25, 0.3) is 0 Å². The largest absolute Gasteiger partial charge is 0.463 e. The van der Waals surface area contributed by atoms with Gasteiger partial charge in [-0.25, -0.2) is 0 Å². The van der Waals surface area contributed by atoms with E-state index in [1.807, 2.05) is 20.8 Å². The third kappa shape index (κ3) is 8.26. The molecule has 0 aromatic rings. The third-order valence-electron chi connectivity index (χ3n) is 4.07. The molecular formula is C19H32O8. The highest BCUT2D eigenvalue weighted by molar-refractivity contribution is 5.71. The van der Waals surface area contributed by atoms with Gasteiger partial charge in [0.05, 0.1) is 0 Å². The van der Waals surface area contributed by atoms with Gasteiger partial charge in [0.1, 0.15) is 18.8 Å². The van der Waals surface area contributed by atoms with Gasteiger partial charge in [0, 0.05) is 32.8 Å². The predicted molar refractivity (Wildman–Crippen MR) is 95.7 cm³/mol. The molecule has 1 aliphatic heterocycles. The van der Waals surface area contributed by atoms with Crippen LogP contribution in [0.5, 0.6) is 0 Å². The lowest BCUT2D eigenvalue weighted by atomic mass is 10.0. The van der Waals surface area contributed by atoms with Crippen molar-refractivity contribution < 1.29 is 38.1 Å². The summed E-state index contributed by atoms with van der Waals surface area (Å²) in [5.41, 5.74) is 0. The molecule has 0 spiro atoms. The van der Waals surface area contributed by atoms with Gasteiger partial charge in [-0.15, -0.1) is 0 Å². The quantitative estimate of drug-likeness (QED) is 0.393. The average Bonchev–Trinajstić information content (AvgIpc) is 2.62. The van der Waals surface area contributed by atoms with Crippen molar-refractivity contribution in [2.45, 2.75) is 90.3 Å². The Hall–Kier alpha value is -1.67. The van der Waals surface area contributed by atoms with Crippen molar-refractivity contribution in [3.8, 4) is 0 Å². The summed E-state index contributed by atoms with van der Waals surface area (Å²) in [5.74, 6) is -1.15. The van der Waals surface area contributed by atoms with E-state index < -0.39 is 30.6 Å². The van der Waals surface area contributed by atoms with E-state index in [0.29, 0.717) is 19.3 Å². The van der Waals surface area contributed by atoms with Crippen LogP contribution in [-0.4, -0.2) is 56.2 Å². The highest BCUT2D eigenvalue weighted by Gasteiger charge is 2.44. The summed E-state index contributed by atoms with van der Waals surface area (Å²) in [6.45, 7) is 5.50. The lowest BCUT2D eigenvalue weighted by Crippen LogP contribution is -2.54. The summed E-state index contributed by atoms with van der Waals surface area (Å²) in [6, 6.07) is 0. The molecule has 0 bridgehead atoms. The molecule has 0 N–H and O–H groups in total. The van der Waals surface area contributed by atoms with Crippen LogP contribution in [0.3, 0.4) is 0 Å². The molecule has 0 aliphatic carbocycles. The Bertz CT molecular complexity index is 478. The highest BCUT2D eigenvalue weighted by atomic mass is 16.7. The normalized spacial score (nSPS) is 24.9. The second-order valence-corrected chi connectivity index (χ2v) is 6.49. The fourth-order valence-corrected chi connectivity index (χ4v) is 2.74. The average molecular weight is 388 g/mol. The number of ether oxygens (including phenoxy) is 5. The van der Waals surface area contributed by atoms with Gasteiger partial charge in [0.15, 0.2) is 12.4 Å². The van der Waals surface area contributed by atoms with E-state index in [4.69, 9.17) is 23.7 Å². The summed E-state index contributed by atoms with van der Waals surface area (Å²) in [6.07, 6.45) is -0.0441. The Morgan fingerprint density at radius 3 is 2.00 bits per heavy atom. The molecule has 1 aliphatic rings. The fourth-order valence-electron chi connectivity index (χ4n) is 2.74. The molecule has 1 saturated heterocycles. The standard InChI is InChI=1S/C19H32O8/c1-5-8-15(20)24-12-14-19(27-17(22)10-7-3)13(11-18(23-4)26-14)25-16(21)9-6-2/h13-14,18-19H,5-12H2,1-4H3/t13-,14-,18-,19-/m1/s1. The number of carbonyl (C=O) groups is 3. The lowest BCUT2D eigenvalue weighted by Gasteiger charge is -2.39. The number of rotatable bonds is 11. The topological polar surface area (TPSA) is 97.4 Å². The van der Waals surface area contributed by atoms with Crippen LogP contribution in [0.1, 0.15) is 65.7 Å². The van der Waals surface area contributed by atoms with Crippen LogP contribution in [0.15, 0.2) is 0 Å². The molecule has 0 radical (unpaired) electrons. The Kier molecular flexibility index (Phi) is 11.0. The number of esters is 3. The minimum absolute atomic E-state index is 0.107. The van der Waals surface area contributed by atoms with Gasteiger partial charge in [-0.3, -0.25) is 14.4 Å². The van der Waals surface area contributed by atoms with Gasteiger partial charge >= 0.3 is 17.9 Å². The van der Waals surface area contributed by atoms with Gasteiger partial charge in [-0.05, 0) is 19.3 Å². The maximum atomic E-state index is 12.0. The van der Waals surface area contributed by atoms with E-state index in [0.717, 1.165) is 0 Å². The van der Waals surface area contributed by atoms with Crippen LogP contribution in [-0.2, 0) is 38.1 Å². The van der Waals surface area contributed by atoms with Crippen molar-refractivity contribution in [2.24, 2.45) is 0 Å². The van der Waals surface area contributed by atoms with Crippen molar-refractivity contribution in [1.29, 1.82) is 0 Å². The number of carbonyl (C=O) groups excluding carboxylic acids is 3. The van der Waals surface area contributed by atoms with Gasteiger partial charge in [-0.1, -0.05) is 20.8 Å². The monoisotopic (exact) mass is 388 g/mol. The van der Waals surface area contributed by atoms with Gasteiger partial charge < -0.3 is 23.7 Å². The minimum atomic E-state index is -0.856. The van der Waals surface area contributed by atoms with E-state index >= 15 is 0 Å². The number of methoxy groups -OCH3 is 1. The molecule has 0 amide bonds. The second-order valence-electron chi connectivity index (χ2n) is 6.49. The zero-order valence-electron chi connectivity index (χ0n) is 16.7. The zero-order chi connectivity index (χ0) is 20.2. The first-order chi connectivity index (χ1) is 12.9. The second kappa shape index (κ2) is 12.7. The van der Waals surface area contributed by atoms with Gasteiger partial charge in [-0.2, -0.15) is 0 Å². The number of hydrogen-bond acceptors (Lipinski definition) is 8. The first kappa shape index (κ1) is 23.4. The molecule has 8 nitrogen and oxygen atoms in total. The molecule has 1 heterocycles. The molecule has 156 valence electrons. The summed E-state index contributed by atoms with van der Waals surface area (Å²) >= 11 is 0. The molecule has 8 heteroatoms. The summed E-state index contributed by atoms with van der Waals surface area (Å²) < 4.78 is 27.3. The molecule has 0 unspecified atom stereocenters. The third-order valence-corrected chi connectivity index (χ3v) is 4.07. The highest BCUT2D eigenvalue weighted by Crippen LogP contribution is 2.27. The van der Waals surface area contributed by atoms with Crippen molar-refractivity contribution in [3.63, 3.8) is 0 Å². The Morgan fingerprint density at radius 1 is 0.889 bits per heavy atom. The summed E-state index contributed by atoms with van der Waals surface area (Å²) in [5, 5.41) is 0. The Balaban J connectivity index is 2.91. The van der Waals surface area contributed by atoms with Crippen LogP contribution >= 0.6 is 0 Å². The first-order valence-electron chi connectivity index (χ1n) is 9.67. The molecular weight excluding hydrogens is 356 g/mol. The van der Waals surface area contributed by atoms with Crippen LogP contribution in [0.4, 0.5) is 0 Å². The van der Waals surface area contributed by atoms with E-state index in [1.54, 1.807) is 0 Å². The molecule has 1 fully saturated rings. The van der Waals surface area contributed by atoms with E-state index in [-0.39, 0.29) is 44.2 Å². The van der Waals surface area contributed by atoms with E-state index in [9.17, 15) is 14.4 Å². The molecule has 0 aromatic carbocycles. The van der Waals surface area contributed by atoms with Crippen molar-refractivity contribution >= 4 is 17.9 Å². The maximum Gasteiger partial charge on any atom is 0.306 e. The van der Waals surface area contributed by atoms with Crippen molar-refractivity contribution in [2.75, 3.05) is 13.7 Å². The van der Waals surface area contributed by atoms with Gasteiger partial charge in [0.2, 0.25) is 0 Å². The van der Waals surface area contributed by atoms with Crippen LogP contribution < -0.4 is 0 Å². The minimum Gasteiger partial charge on any atom is -0.463 e. The van der Waals surface area contributed by atoms with E-state index in [2.05, 4.69) is 0 Å². The Labute approximate surface area is 160 Å². The first-order valence-corrected chi connectivity index (χ1v) is 9.67. The molecule has 27 heavy (non-hydrogen) atoms. The fraction of sp³-hybridized carbons (Fsp3) is 0.842. The molecule has 1 rings (SSSR count). The van der Waals surface area contributed by atoms with Crippen molar-refractivity contribution in [1.82, 2.24) is 0 Å². The lowest BCUT2D eigenvalue weighted by molar-refractivity contribution is -0.261. The summed E-state index contributed by atoms with van der Waals surface area (Å²) in [4.78, 5) is 35.8. The zero-order valence-corrected chi connectivity index (χ0v) is 16.7.